The van der Waals surface area contributed by atoms with Crippen LogP contribution in [0, 0.1) is 5.92 Å². The van der Waals surface area contributed by atoms with Gasteiger partial charge in [0, 0.05) is 12.6 Å². The zero-order chi connectivity index (χ0) is 12.8. The minimum Gasteiger partial charge on any atom is -0.478 e. The van der Waals surface area contributed by atoms with Crippen LogP contribution in [0.2, 0.25) is 0 Å². The summed E-state index contributed by atoms with van der Waals surface area (Å²) >= 11 is 0. The third kappa shape index (κ3) is 4.19. The van der Waals surface area contributed by atoms with E-state index in [0.29, 0.717) is 17.5 Å². The summed E-state index contributed by atoms with van der Waals surface area (Å²) in [6.07, 6.45) is 1.10. The lowest BCUT2D eigenvalue weighted by Gasteiger charge is -2.20. The fourth-order valence-corrected chi connectivity index (χ4v) is 1.87. The fraction of sp³-hybridized carbons (Fsp3) is 0.500. The molecule has 0 aromatic heterocycles. The Labute approximate surface area is 103 Å². The van der Waals surface area contributed by atoms with Gasteiger partial charge in [0.2, 0.25) is 0 Å². The zero-order valence-electron chi connectivity index (χ0n) is 10.7. The van der Waals surface area contributed by atoms with Gasteiger partial charge in [-0.3, -0.25) is 0 Å². The molecule has 1 rings (SSSR count). The molecule has 1 atom stereocenters. The van der Waals surface area contributed by atoms with Crippen LogP contribution < -0.4 is 5.32 Å². The van der Waals surface area contributed by atoms with Crippen LogP contribution in [0.5, 0.6) is 0 Å². The van der Waals surface area contributed by atoms with Crippen molar-refractivity contribution in [3.8, 4) is 0 Å². The summed E-state index contributed by atoms with van der Waals surface area (Å²) in [6.45, 7) is 7.37. The molecule has 1 unspecified atom stereocenters. The number of rotatable bonds is 6. The molecule has 3 nitrogen and oxygen atoms in total. The highest BCUT2D eigenvalue weighted by molar-refractivity contribution is 5.87. The van der Waals surface area contributed by atoms with Crippen LogP contribution in [-0.2, 0) is 6.54 Å². The predicted octanol–water partition coefficient (Wildman–Crippen LogP) is 2.91. The van der Waals surface area contributed by atoms with E-state index in [1.54, 1.807) is 12.1 Å². The second-order valence-electron chi connectivity index (χ2n) is 4.64. The summed E-state index contributed by atoms with van der Waals surface area (Å²) in [7, 11) is 0. The van der Waals surface area contributed by atoms with Gasteiger partial charge in [0.1, 0.15) is 0 Å². The van der Waals surface area contributed by atoms with Gasteiger partial charge in [0.05, 0.1) is 5.56 Å². The second kappa shape index (κ2) is 6.40. The van der Waals surface area contributed by atoms with Crippen molar-refractivity contribution in [1.82, 2.24) is 5.32 Å². The van der Waals surface area contributed by atoms with E-state index in [4.69, 9.17) is 5.11 Å². The standard InChI is InChI=1S/C14H21NO2/c1-4-13(10(2)3)15-9-11-5-7-12(8-6-11)14(16)17/h5-8,10,13,15H,4,9H2,1-3H3,(H,16,17). The lowest BCUT2D eigenvalue weighted by molar-refractivity contribution is 0.0697. The largest absolute Gasteiger partial charge is 0.478 e. The summed E-state index contributed by atoms with van der Waals surface area (Å²) in [5, 5.41) is 12.3. The average Bonchev–Trinajstić information content (AvgIpc) is 2.30. The molecule has 0 saturated carbocycles. The lowest BCUT2D eigenvalue weighted by atomic mass is 10.0. The van der Waals surface area contributed by atoms with Gasteiger partial charge in [-0.2, -0.15) is 0 Å². The molecule has 0 aliphatic rings. The molecule has 0 bridgehead atoms. The maximum absolute atomic E-state index is 10.7. The van der Waals surface area contributed by atoms with Gasteiger partial charge in [-0.1, -0.05) is 32.9 Å². The molecule has 0 amide bonds. The monoisotopic (exact) mass is 235 g/mol. The molecule has 94 valence electrons. The Balaban J connectivity index is 2.55. The molecule has 0 aliphatic heterocycles. The van der Waals surface area contributed by atoms with Crippen molar-refractivity contribution in [2.75, 3.05) is 0 Å². The molecule has 17 heavy (non-hydrogen) atoms. The Kier molecular flexibility index (Phi) is 5.16. The van der Waals surface area contributed by atoms with E-state index >= 15 is 0 Å². The summed E-state index contributed by atoms with van der Waals surface area (Å²) in [6, 6.07) is 7.53. The molecule has 0 spiro atoms. The first kappa shape index (κ1) is 13.7. The number of nitrogens with one attached hydrogen (secondary N) is 1. The maximum Gasteiger partial charge on any atom is 0.335 e. The number of aromatic carboxylic acids is 1. The fourth-order valence-electron chi connectivity index (χ4n) is 1.87. The van der Waals surface area contributed by atoms with E-state index < -0.39 is 5.97 Å². The summed E-state index contributed by atoms with van der Waals surface area (Å²) in [4.78, 5) is 10.7. The van der Waals surface area contributed by atoms with Crippen LogP contribution in [-0.4, -0.2) is 17.1 Å². The highest BCUT2D eigenvalue weighted by Crippen LogP contribution is 2.08. The smallest absolute Gasteiger partial charge is 0.335 e. The topological polar surface area (TPSA) is 49.3 Å². The summed E-state index contributed by atoms with van der Waals surface area (Å²) in [5.41, 5.74) is 1.46. The molecule has 3 heteroatoms. The van der Waals surface area contributed by atoms with Crippen molar-refractivity contribution in [3.63, 3.8) is 0 Å². The molecule has 0 heterocycles. The Morgan fingerprint density at radius 2 is 1.88 bits per heavy atom. The SMILES string of the molecule is CCC(NCc1ccc(C(=O)O)cc1)C(C)C. The molecule has 0 saturated heterocycles. The zero-order valence-corrected chi connectivity index (χ0v) is 10.7. The van der Waals surface area contributed by atoms with Crippen molar-refractivity contribution in [2.24, 2.45) is 5.92 Å². The Bertz CT molecular complexity index is 357. The number of benzene rings is 1. The number of carbonyl (C=O) groups is 1. The molecule has 0 radical (unpaired) electrons. The van der Waals surface area contributed by atoms with Gasteiger partial charge in [-0.15, -0.1) is 0 Å². The minimum atomic E-state index is -0.877. The van der Waals surface area contributed by atoms with Crippen LogP contribution in [0.1, 0.15) is 43.1 Å². The van der Waals surface area contributed by atoms with Crippen molar-refractivity contribution in [1.29, 1.82) is 0 Å². The van der Waals surface area contributed by atoms with Gasteiger partial charge < -0.3 is 10.4 Å². The van der Waals surface area contributed by atoms with Gasteiger partial charge in [-0.25, -0.2) is 4.79 Å². The van der Waals surface area contributed by atoms with Crippen LogP contribution in [0.3, 0.4) is 0 Å². The first-order valence-corrected chi connectivity index (χ1v) is 6.10. The molecule has 1 aromatic carbocycles. The Hall–Kier alpha value is -1.35. The van der Waals surface area contributed by atoms with Crippen LogP contribution in [0.15, 0.2) is 24.3 Å². The maximum atomic E-state index is 10.7. The van der Waals surface area contributed by atoms with E-state index in [2.05, 4.69) is 26.1 Å². The molecule has 1 aromatic rings. The average molecular weight is 235 g/mol. The minimum absolute atomic E-state index is 0.338. The number of carboxylic acid groups (broad SMARTS) is 1. The second-order valence-corrected chi connectivity index (χ2v) is 4.64. The Morgan fingerprint density at radius 1 is 1.29 bits per heavy atom. The van der Waals surface area contributed by atoms with Crippen molar-refractivity contribution < 1.29 is 9.90 Å². The summed E-state index contributed by atoms with van der Waals surface area (Å²) < 4.78 is 0. The summed E-state index contributed by atoms with van der Waals surface area (Å²) in [5.74, 6) is -0.267. The van der Waals surface area contributed by atoms with E-state index in [9.17, 15) is 4.79 Å². The van der Waals surface area contributed by atoms with Gasteiger partial charge in [0.25, 0.3) is 0 Å². The van der Waals surface area contributed by atoms with E-state index in [1.807, 2.05) is 12.1 Å². The molecular formula is C14H21NO2. The van der Waals surface area contributed by atoms with Crippen LogP contribution in [0.25, 0.3) is 0 Å². The van der Waals surface area contributed by atoms with Crippen LogP contribution >= 0.6 is 0 Å². The molecule has 2 N–H and O–H groups in total. The van der Waals surface area contributed by atoms with Gasteiger partial charge in [0.15, 0.2) is 0 Å². The number of hydrogen-bond donors (Lipinski definition) is 2. The first-order chi connectivity index (χ1) is 8.04. The highest BCUT2D eigenvalue weighted by Gasteiger charge is 2.09. The molecule has 0 fully saturated rings. The number of carboxylic acids is 1. The number of hydrogen-bond acceptors (Lipinski definition) is 2. The Morgan fingerprint density at radius 3 is 2.29 bits per heavy atom. The highest BCUT2D eigenvalue weighted by atomic mass is 16.4. The normalized spacial score (nSPS) is 12.7. The first-order valence-electron chi connectivity index (χ1n) is 6.10. The molecule has 0 aliphatic carbocycles. The van der Waals surface area contributed by atoms with E-state index in [0.717, 1.165) is 18.5 Å². The van der Waals surface area contributed by atoms with E-state index in [-0.39, 0.29) is 0 Å². The van der Waals surface area contributed by atoms with Gasteiger partial charge in [-0.05, 0) is 30.0 Å². The van der Waals surface area contributed by atoms with E-state index in [1.165, 1.54) is 0 Å². The quantitative estimate of drug-likeness (QED) is 0.797. The van der Waals surface area contributed by atoms with Crippen molar-refractivity contribution >= 4 is 5.97 Å². The lowest BCUT2D eigenvalue weighted by Crippen LogP contribution is -2.32. The van der Waals surface area contributed by atoms with Crippen molar-refractivity contribution in [2.45, 2.75) is 39.8 Å². The third-order valence-corrected chi connectivity index (χ3v) is 3.01. The molecular weight excluding hydrogens is 214 g/mol. The van der Waals surface area contributed by atoms with Crippen molar-refractivity contribution in [3.05, 3.63) is 35.4 Å². The van der Waals surface area contributed by atoms with Crippen LogP contribution in [0.4, 0.5) is 0 Å². The van der Waals surface area contributed by atoms with Gasteiger partial charge >= 0.3 is 5.97 Å². The predicted molar refractivity (Wildman–Crippen MR) is 69.2 cm³/mol. The third-order valence-electron chi connectivity index (χ3n) is 3.01.